The van der Waals surface area contributed by atoms with Gasteiger partial charge in [-0.05, 0) is 56.7 Å². The molecule has 9 nitrogen and oxygen atoms in total. The van der Waals surface area contributed by atoms with Gasteiger partial charge in [-0.1, -0.05) is 30.3 Å². The molecule has 1 aromatic heterocycles. The lowest BCUT2D eigenvalue weighted by Gasteiger charge is -2.20. The van der Waals surface area contributed by atoms with E-state index in [1.165, 1.54) is 36.7 Å². The van der Waals surface area contributed by atoms with Crippen LogP contribution in [0.2, 0.25) is 0 Å². The van der Waals surface area contributed by atoms with E-state index in [1.807, 2.05) is 30.3 Å². The van der Waals surface area contributed by atoms with Gasteiger partial charge in [-0.3, -0.25) is 9.59 Å². The monoisotopic (exact) mass is 481 g/mol. The van der Waals surface area contributed by atoms with Crippen LogP contribution in [0, 0.1) is 0 Å². The van der Waals surface area contributed by atoms with E-state index in [4.69, 9.17) is 0 Å². The highest BCUT2D eigenvalue weighted by molar-refractivity contribution is 7.89. The third-order valence-corrected chi connectivity index (χ3v) is 6.32. The Bertz CT molecular complexity index is 1230. The van der Waals surface area contributed by atoms with Crippen LogP contribution in [0.5, 0.6) is 0 Å². The molecule has 0 fully saturated rings. The quantitative estimate of drug-likeness (QED) is 0.453. The fraction of sp³-hybridized carbons (Fsp3) is 0.250. The summed E-state index contributed by atoms with van der Waals surface area (Å²) >= 11 is 0. The lowest BCUT2D eigenvalue weighted by atomic mass is 10.0. The molecule has 3 aromatic rings. The first kappa shape index (κ1) is 25.0. The average molecular weight is 482 g/mol. The van der Waals surface area contributed by atoms with Gasteiger partial charge in [0.05, 0.1) is 4.90 Å². The molecule has 34 heavy (non-hydrogen) atoms. The Morgan fingerprint density at radius 2 is 1.53 bits per heavy atom. The van der Waals surface area contributed by atoms with Crippen LogP contribution in [0.3, 0.4) is 0 Å². The number of hydrogen-bond acceptors (Lipinski definition) is 6. The first-order valence-electron chi connectivity index (χ1n) is 10.6. The maximum absolute atomic E-state index is 13.1. The van der Waals surface area contributed by atoms with Gasteiger partial charge in [-0.2, -0.15) is 0 Å². The van der Waals surface area contributed by atoms with Crippen LogP contribution in [-0.2, 0) is 21.2 Å². The van der Waals surface area contributed by atoms with Crippen molar-refractivity contribution in [3.8, 4) is 0 Å². The molecule has 0 saturated heterocycles. The third kappa shape index (κ3) is 7.19. The Hall–Kier alpha value is -3.63. The van der Waals surface area contributed by atoms with Gasteiger partial charge < -0.3 is 10.6 Å². The van der Waals surface area contributed by atoms with E-state index < -0.39 is 33.4 Å². The predicted octanol–water partition coefficient (Wildman–Crippen LogP) is 2.53. The number of aromatic nitrogens is 2. The van der Waals surface area contributed by atoms with Crippen molar-refractivity contribution in [3.05, 3.63) is 84.4 Å². The molecule has 0 aliphatic rings. The minimum absolute atomic E-state index is 0.0470. The molecule has 0 bridgehead atoms. The summed E-state index contributed by atoms with van der Waals surface area (Å²) in [4.78, 5) is 33.6. The van der Waals surface area contributed by atoms with Gasteiger partial charge in [0.2, 0.25) is 21.8 Å². The fourth-order valence-corrected chi connectivity index (χ4v) is 4.53. The van der Waals surface area contributed by atoms with Crippen LogP contribution in [0.15, 0.2) is 78.0 Å². The second-order valence-electron chi connectivity index (χ2n) is 8.66. The molecule has 0 radical (unpaired) electrons. The van der Waals surface area contributed by atoms with E-state index in [9.17, 15) is 18.0 Å². The first-order valence-corrected chi connectivity index (χ1v) is 12.1. The van der Waals surface area contributed by atoms with Gasteiger partial charge in [-0.25, -0.2) is 23.1 Å². The summed E-state index contributed by atoms with van der Waals surface area (Å²) in [7, 11) is -3.70. The highest BCUT2D eigenvalue weighted by Gasteiger charge is 2.24. The summed E-state index contributed by atoms with van der Waals surface area (Å²) in [5.74, 6) is -1.09. The number of nitrogens with zero attached hydrogens (tertiary/aromatic N) is 2. The molecule has 2 aromatic carbocycles. The highest BCUT2D eigenvalue weighted by atomic mass is 32.2. The minimum Gasteiger partial charge on any atom is -0.337 e. The zero-order valence-corrected chi connectivity index (χ0v) is 20.0. The summed E-state index contributed by atoms with van der Waals surface area (Å²) in [6.45, 7) is 5.25. The second-order valence-corrected chi connectivity index (χ2v) is 10.3. The molecule has 1 atom stereocenters. The van der Waals surface area contributed by atoms with E-state index in [1.54, 1.807) is 26.8 Å². The average Bonchev–Trinajstić information content (AvgIpc) is 2.78. The molecule has 0 aliphatic carbocycles. The Kier molecular flexibility index (Phi) is 7.75. The summed E-state index contributed by atoms with van der Waals surface area (Å²) < 4.78 is 27.6. The van der Waals surface area contributed by atoms with Gasteiger partial charge in [0.25, 0.3) is 5.91 Å². The van der Waals surface area contributed by atoms with Crippen LogP contribution in [0.25, 0.3) is 0 Å². The summed E-state index contributed by atoms with van der Waals surface area (Å²) in [6, 6.07) is 15.7. The van der Waals surface area contributed by atoms with Crippen LogP contribution < -0.4 is 15.4 Å². The predicted molar refractivity (Wildman–Crippen MR) is 129 cm³/mol. The number of amides is 2. The number of sulfonamides is 1. The van der Waals surface area contributed by atoms with E-state index in [0.29, 0.717) is 5.69 Å². The van der Waals surface area contributed by atoms with Crippen LogP contribution >= 0.6 is 0 Å². The zero-order chi connectivity index (χ0) is 24.8. The van der Waals surface area contributed by atoms with Crippen LogP contribution in [0.1, 0.15) is 37.0 Å². The van der Waals surface area contributed by atoms with Crippen molar-refractivity contribution in [1.82, 2.24) is 20.0 Å². The van der Waals surface area contributed by atoms with Gasteiger partial charge >= 0.3 is 0 Å². The molecule has 0 unspecified atom stereocenters. The van der Waals surface area contributed by atoms with E-state index >= 15 is 0 Å². The molecule has 178 valence electrons. The van der Waals surface area contributed by atoms with Crippen molar-refractivity contribution in [1.29, 1.82) is 0 Å². The molecule has 0 spiro atoms. The number of nitrogens with one attached hydrogen (secondary N) is 3. The number of rotatable bonds is 8. The largest absolute Gasteiger partial charge is 0.337 e. The van der Waals surface area contributed by atoms with Crippen molar-refractivity contribution >= 4 is 27.5 Å². The third-order valence-electron chi connectivity index (χ3n) is 4.55. The molecular weight excluding hydrogens is 454 g/mol. The Labute approximate surface area is 199 Å². The number of hydrogen-bond donors (Lipinski definition) is 3. The Balaban J connectivity index is 1.76. The summed E-state index contributed by atoms with van der Waals surface area (Å²) in [5.41, 5.74) is 0.617. The number of benzene rings is 2. The number of carbonyl (C=O) groups excluding carboxylic acids is 2. The number of carbonyl (C=O) groups is 2. The van der Waals surface area contributed by atoms with E-state index in [2.05, 4.69) is 25.3 Å². The lowest BCUT2D eigenvalue weighted by molar-refractivity contribution is -0.118. The van der Waals surface area contributed by atoms with Crippen LogP contribution in [-0.4, -0.2) is 41.8 Å². The van der Waals surface area contributed by atoms with Crippen molar-refractivity contribution in [2.75, 3.05) is 5.32 Å². The maximum Gasteiger partial charge on any atom is 0.289 e. The van der Waals surface area contributed by atoms with E-state index in [0.717, 1.165) is 5.56 Å². The van der Waals surface area contributed by atoms with Crippen molar-refractivity contribution in [2.24, 2.45) is 0 Å². The molecule has 3 rings (SSSR count). The topological polar surface area (TPSA) is 130 Å². The highest BCUT2D eigenvalue weighted by Crippen LogP contribution is 2.17. The maximum atomic E-state index is 13.1. The van der Waals surface area contributed by atoms with Gasteiger partial charge in [0.15, 0.2) is 0 Å². The Morgan fingerprint density at radius 1 is 0.912 bits per heavy atom. The summed E-state index contributed by atoms with van der Waals surface area (Å²) in [5, 5.41) is 5.42. The smallest absolute Gasteiger partial charge is 0.289 e. The van der Waals surface area contributed by atoms with E-state index in [-0.39, 0.29) is 17.1 Å². The van der Waals surface area contributed by atoms with Gasteiger partial charge in [0, 0.05) is 30.0 Å². The van der Waals surface area contributed by atoms with Crippen LogP contribution in [0.4, 0.5) is 5.69 Å². The number of anilines is 1. The molecule has 0 saturated carbocycles. The SMILES string of the molecule is CC(C)(C)NS(=O)(=O)c1ccc(NC(=O)[C@H](Cc2ccccc2)NC(=O)c2ncccn2)cc1. The standard InChI is InChI=1S/C24H27N5O4S/c1-24(2,3)29-34(32,33)19-12-10-18(11-13-19)27-22(30)20(16-17-8-5-4-6-9-17)28-23(31)21-25-14-7-15-26-21/h4-15,20,29H,16H2,1-3H3,(H,27,30)(H,28,31)/t20-/m0/s1. The fourth-order valence-electron chi connectivity index (χ4n) is 3.11. The molecule has 2 amide bonds. The molecule has 10 heteroatoms. The van der Waals surface area contributed by atoms with Crippen molar-refractivity contribution in [2.45, 2.75) is 43.7 Å². The molecule has 1 heterocycles. The normalized spacial score (nSPS) is 12.6. The Morgan fingerprint density at radius 3 is 2.12 bits per heavy atom. The molecule has 3 N–H and O–H groups in total. The molecule has 0 aliphatic heterocycles. The van der Waals surface area contributed by atoms with Gasteiger partial charge in [-0.15, -0.1) is 0 Å². The zero-order valence-electron chi connectivity index (χ0n) is 19.1. The van der Waals surface area contributed by atoms with Gasteiger partial charge in [0.1, 0.15) is 6.04 Å². The molecular formula is C24H27N5O4S. The lowest BCUT2D eigenvalue weighted by Crippen LogP contribution is -2.45. The van der Waals surface area contributed by atoms with Crippen molar-refractivity contribution < 1.29 is 18.0 Å². The second kappa shape index (κ2) is 10.5. The minimum atomic E-state index is -3.70. The summed E-state index contributed by atoms with van der Waals surface area (Å²) in [6.07, 6.45) is 3.13. The first-order chi connectivity index (χ1) is 16.0. The van der Waals surface area contributed by atoms with Crippen molar-refractivity contribution in [3.63, 3.8) is 0 Å².